The molecule has 2 heterocycles. The average Bonchev–Trinajstić information content (AvgIpc) is 2.95. The summed E-state index contributed by atoms with van der Waals surface area (Å²) in [6.45, 7) is 9.84. The highest BCUT2D eigenvalue weighted by Crippen LogP contribution is 2.27. The monoisotopic (exact) mass is 294 g/mol. The standard InChI is InChI=1S/C15H26N4O2/c1-5-7-12-16-13(18-17-12)11-10-19(8-9-21-11)14(20)15(3,4)6-2/h11H,5-10H2,1-4H3,(H,16,17,18)/t11-/m1/s1. The van der Waals surface area contributed by atoms with E-state index in [1.165, 1.54) is 0 Å². The third kappa shape index (κ3) is 3.61. The maximum atomic E-state index is 12.6. The van der Waals surface area contributed by atoms with Crippen molar-refractivity contribution in [2.45, 2.75) is 53.1 Å². The predicted molar refractivity (Wildman–Crippen MR) is 79.7 cm³/mol. The molecule has 0 unspecified atom stereocenters. The van der Waals surface area contributed by atoms with Crippen molar-refractivity contribution >= 4 is 5.91 Å². The van der Waals surface area contributed by atoms with Crippen LogP contribution in [0.4, 0.5) is 0 Å². The molecular formula is C15H26N4O2. The Bertz CT molecular complexity index is 484. The number of nitrogens with one attached hydrogen (secondary N) is 1. The van der Waals surface area contributed by atoms with E-state index in [2.05, 4.69) is 22.1 Å². The summed E-state index contributed by atoms with van der Waals surface area (Å²) in [6, 6.07) is 0. The Labute approximate surface area is 126 Å². The van der Waals surface area contributed by atoms with E-state index in [0.717, 1.165) is 25.1 Å². The summed E-state index contributed by atoms with van der Waals surface area (Å²) in [7, 11) is 0. The highest BCUT2D eigenvalue weighted by molar-refractivity contribution is 5.82. The number of H-pyrrole nitrogens is 1. The molecule has 0 spiro atoms. The lowest BCUT2D eigenvalue weighted by Gasteiger charge is -2.36. The van der Waals surface area contributed by atoms with Gasteiger partial charge in [-0.15, -0.1) is 0 Å². The molecular weight excluding hydrogens is 268 g/mol. The van der Waals surface area contributed by atoms with Gasteiger partial charge >= 0.3 is 0 Å². The molecule has 1 aromatic heterocycles. The maximum absolute atomic E-state index is 12.6. The number of rotatable bonds is 5. The Morgan fingerprint density at radius 2 is 2.24 bits per heavy atom. The summed E-state index contributed by atoms with van der Waals surface area (Å²) in [5.74, 6) is 1.72. The molecule has 6 nitrogen and oxygen atoms in total. The van der Waals surface area contributed by atoms with E-state index >= 15 is 0 Å². The van der Waals surface area contributed by atoms with Gasteiger partial charge in [-0.2, -0.15) is 5.10 Å². The Hall–Kier alpha value is -1.43. The zero-order chi connectivity index (χ0) is 15.5. The summed E-state index contributed by atoms with van der Waals surface area (Å²) in [5.41, 5.74) is -0.325. The number of aryl methyl sites for hydroxylation is 1. The Morgan fingerprint density at radius 3 is 2.90 bits per heavy atom. The van der Waals surface area contributed by atoms with Crippen LogP contribution in [-0.4, -0.2) is 45.7 Å². The molecule has 1 aromatic rings. The molecule has 0 saturated carbocycles. The number of morpholine rings is 1. The minimum atomic E-state index is -0.325. The molecule has 118 valence electrons. The lowest BCUT2D eigenvalue weighted by molar-refractivity contribution is -0.148. The quantitative estimate of drug-likeness (QED) is 0.902. The summed E-state index contributed by atoms with van der Waals surface area (Å²) < 4.78 is 5.74. The van der Waals surface area contributed by atoms with Gasteiger partial charge in [-0.05, 0) is 12.8 Å². The first-order chi connectivity index (χ1) is 9.97. The van der Waals surface area contributed by atoms with Gasteiger partial charge in [0.2, 0.25) is 5.91 Å². The van der Waals surface area contributed by atoms with Gasteiger partial charge in [0, 0.05) is 18.4 Å². The van der Waals surface area contributed by atoms with E-state index < -0.39 is 0 Å². The van der Waals surface area contributed by atoms with E-state index in [1.807, 2.05) is 25.7 Å². The van der Waals surface area contributed by atoms with Crippen LogP contribution in [0, 0.1) is 5.41 Å². The second-order valence-corrected chi connectivity index (χ2v) is 6.24. The SMILES string of the molecule is CCCc1nc([C@H]2CN(C(=O)C(C)(C)CC)CCO2)n[nH]1. The van der Waals surface area contributed by atoms with E-state index in [9.17, 15) is 4.79 Å². The predicted octanol–water partition coefficient (Wildman–Crippen LogP) is 2.09. The lowest BCUT2D eigenvalue weighted by Crippen LogP contribution is -2.47. The minimum absolute atomic E-state index is 0.183. The van der Waals surface area contributed by atoms with E-state index in [-0.39, 0.29) is 17.4 Å². The van der Waals surface area contributed by atoms with Crippen molar-refractivity contribution in [2.75, 3.05) is 19.7 Å². The Balaban J connectivity index is 2.04. The Kier molecular flexibility index (Phi) is 4.98. The van der Waals surface area contributed by atoms with Crippen LogP contribution in [-0.2, 0) is 16.0 Å². The van der Waals surface area contributed by atoms with Crippen molar-refractivity contribution in [1.29, 1.82) is 0 Å². The van der Waals surface area contributed by atoms with Crippen LogP contribution in [0.15, 0.2) is 0 Å². The molecule has 0 bridgehead atoms. The van der Waals surface area contributed by atoms with Crippen LogP contribution in [0.1, 0.15) is 58.3 Å². The number of carbonyl (C=O) groups is 1. The summed E-state index contributed by atoms with van der Waals surface area (Å²) >= 11 is 0. The molecule has 2 rings (SSSR count). The summed E-state index contributed by atoms with van der Waals surface area (Å²) in [6.07, 6.45) is 2.51. The molecule has 0 radical (unpaired) electrons. The number of amides is 1. The van der Waals surface area contributed by atoms with Gasteiger partial charge in [0.15, 0.2) is 5.82 Å². The number of hydrogen-bond donors (Lipinski definition) is 1. The normalized spacial score (nSPS) is 19.8. The van der Waals surface area contributed by atoms with Crippen molar-refractivity contribution in [1.82, 2.24) is 20.1 Å². The van der Waals surface area contributed by atoms with Crippen molar-refractivity contribution < 1.29 is 9.53 Å². The molecule has 1 aliphatic heterocycles. The van der Waals surface area contributed by atoms with Gasteiger partial charge in [-0.3, -0.25) is 9.89 Å². The molecule has 0 aliphatic carbocycles. The van der Waals surface area contributed by atoms with Crippen LogP contribution in [0.25, 0.3) is 0 Å². The molecule has 1 saturated heterocycles. The number of aromatic amines is 1. The summed E-state index contributed by atoms with van der Waals surface area (Å²) in [4.78, 5) is 18.9. The van der Waals surface area contributed by atoms with Crippen molar-refractivity contribution in [3.63, 3.8) is 0 Å². The number of nitrogens with zero attached hydrogens (tertiary/aromatic N) is 3. The number of aromatic nitrogens is 3. The Morgan fingerprint density at radius 1 is 1.48 bits per heavy atom. The number of hydrogen-bond acceptors (Lipinski definition) is 4. The topological polar surface area (TPSA) is 71.1 Å². The van der Waals surface area contributed by atoms with Gasteiger partial charge in [0.1, 0.15) is 11.9 Å². The molecule has 21 heavy (non-hydrogen) atoms. The molecule has 1 amide bonds. The first-order valence-corrected chi connectivity index (χ1v) is 7.80. The van der Waals surface area contributed by atoms with Gasteiger partial charge < -0.3 is 9.64 Å². The van der Waals surface area contributed by atoms with Crippen LogP contribution in [0.2, 0.25) is 0 Å². The van der Waals surface area contributed by atoms with Crippen LogP contribution in [0.5, 0.6) is 0 Å². The van der Waals surface area contributed by atoms with Gasteiger partial charge in [0.25, 0.3) is 0 Å². The first kappa shape index (κ1) is 15.9. The summed E-state index contributed by atoms with van der Waals surface area (Å²) in [5, 5.41) is 7.18. The number of carbonyl (C=O) groups excluding carboxylic acids is 1. The molecule has 6 heteroatoms. The van der Waals surface area contributed by atoms with Gasteiger partial charge in [-0.25, -0.2) is 4.98 Å². The maximum Gasteiger partial charge on any atom is 0.228 e. The smallest absolute Gasteiger partial charge is 0.228 e. The largest absolute Gasteiger partial charge is 0.366 e. The molecule has 1 fully saturated rings. The van der Waals surface area contributed by atoms with Gasteiger partial charge in [0.05, 0.1) is 13.2 Å². The first-order valence-electron chi connectivity index (χ1n) is 7.80. The van der Waals surface area contributed by atoms with Crippen molar-refractivity contribution in [3.05, 3.63) is 11.6 Å². The fourth-order valence-electron chi connectivity index (χ4n) is 2.37. The van der Waals surface area contributed by atoms with E-state index in [0.29, 0.717) is 25.5 Å². The second-order valence-electron chi connectivity index (χ2n) is 6.24. The molecule has 1 atom stereocenters. The highest BCUT2D eigenvalue weighted by Gasteiger charge is 2.34. The fraction of sp³-hybridized carbons (Fsp3) is 0.800. The van der Waals surface area contributed by atoms with Crippen LogP contribution >= 0.6 is 0 Å². The fourth-order valence-corrected chi connectivity index (χ4v) is 2.37. The minimum Gasteiger partial charge on any atom is -0.366 e. The van der Waals surface area contributed by atoms with E-state index in [4.69, 9.17) is 4.74 Å². The zero-order valence-electron chi connectivity index (χ0n) is 13.5. The van der Waals surface area contributed by atoms with Gasteiger partial charge in [-0.1, -0.05) is 27.7 Å². The number of ether oxygens (including phenoxy) is 1. The third-order valence-corrected chi connectivity index (χ3v) is 4.14. The zero-order valence-corrected chi connectivity index (χ0v) is 13.5. The molecule has 0 aromatic carbocycles. The lowest BCUT2D eigenvalue weighted by atomic mass is 9.88. The van der Waals surface area contributed by atoms with Crippen LogP contribution in [0.3, 0.4) is 0 Å². The van der Waals surface area contributed by atoms with Crippen LogP contribution < -0.4 is 0 Å². The average molecular weight is 294 g/mol. The molecule has 1 N–H and O–H groups in total. The van der Waals surface area contributed by atoms with Crippen molar-refractivity contribution in [2.24, 2.45) is 5.41 Å². The highest BCUT2D eigenvalue weighted by atomic mass is 16.5. The third-order valence-electron chi connectivity index (χ3n) is 4.14. The van der Waals surface area contributed by atoms with E-state index in [1.54, 1.807) is 0 Å². The molecule has 1 aliphatic rings. The van der Waals surface area contributed by atoms with Crippen molar-refractivity contribution in [3.8, 4) is 0 Å². The second kappa shape index (κ2) is 6.56.